The SMILES string of the molecule is COc1ccc(CN2CCN(CC(=O)NCc3ccc(F)cc3)CC2)cc1. The van der Waals surface area contributed by atoms with E-state index >= 15 is 0 Å². The lowest BCUT2D eigenvalue weighted by atomic mass is 10.2. The van der Waals surface area contributed by atoms with Crippen LogP contribution in [0.4, 0.5) is 4.39 Å². The van der Waals surface area contributed by atoms with Gasteiger partial charge in [-0.1, -0.05) is 24.3 Å². The topological polar surface area (TPSA) is 44.8 Å². The van der Waals surface area contributed by atoms with Crippen molar-refractivity contribution in [2.45, 2.75) is 13.1 Å². The number of nitrogens with zero attached hydrogens (tertiary/aromatic N) is 2. The summed E-state index contributed by atoms with van der Waals surface area (Å²) in [5.41, 5.74) is 2.16. The third-order valence-corrected chi connectivity index (χ3v) is 4.80. The maximum absolute atomic E-state index is 12.9. The lowest BCUT2D eigenvalue weighted by Gasteiger charge is -2.34. The van der Waals surface area contributed by atoms with E-state index in [1.165, 1.54) is 17.7 Å². The highest BCUT2D eigenvalue weighted by Gasteiger charge is 2.19. The Morgan fingerprint density at radius 1 is 0.963 bits per heavy atom. The second kappa shape index (κ2) is 9.48. The standard InChI is InChI=1S/C21H26FN3O2/c1-27-20-8-4-18(5-9-20)15-24-10-12-25(13-11-24)16-21(26)23-14-17-2-6-19(22)7-3-17/h2-9H,10-16H2,1H3,(H,23,26). The number of carbonyl (C=O) groups excluding carboxylic acids is 1. The largest absolute Gasteiger partial charge is 0.497 e. The normalized spacial score (nSPS) is 15.5. The van der Waals surface area contributed by atoms with Crippen molar-refractivity contribution in [1.82, 2.24) is 15.1 Å². The van der Waals surface area contributed by atoms with E-state index in [0.29, 0.717) is 13.1 Å². The van der Waals surface area contributed by atoms with Gasteiger partial charge in [0.1, 0.15) is 11.6 Å². The minimum atomic E-state index is -0.266. The van der Waals surface area contributed by atoms with Crippen molar-refractivity contribution < 1.29 is 13.9 Å². The number of halogens is 1. The molecule has 1 aliphatic heterocycles. The maximum atomic E-state index is 12.9. The van der Waals surface area contributed by atoms with Crippen LogP contribution in [0.5, 0.6) is 5.75 Å². The Morgan fingerprint density at radius 3 is 2.19 bits per heavy atom. The lowest BCUT2D eigenvalue weighted by Crippen LogP contribution is -2.49. The van der Waals surface area contributed by atoms with Crippen molar-refractivity contribution in [3.05, 3.63) is 65.5 Å². The summed E-state index contributed by atoms with van der Waals surface area (Å²) in [5, 5.41) is 2.90. The van der Waals surface area contributed by atoms with Crippen molar-refractivity contribution in [1.29, 1.82) is 0 Å². The van der Waals surface area contributed by atoms with Gasteiger partial charge in [0.2, 0.25) is 5.91 Å². The number of nitrogens with one attached hydrogen (secondary N) is 1. The smallest absolute Gasteiger partial charge is 0.234 e. The van der Waals surface area contributed by atoms with Gasteiger partial charge in [-0.05, 0) is 35.4 Å². The summed E-state index contributed by atoms with van der Waals surface area (Å²) in [7, 11) is 1.67. The molecule has 6 heteroatoms. The van der Waals surface area contributed by atoms with Crippen LogP contribution in [0.2, 0.25) is 0 Å². The summed E-state index contributed by atoms with van der Waals surface area (Å²) in [5.74, 6) is 0.607. The van der Waals surface area contributed by atoms with E-state index in [1.807, 2.05) is 12.1 Å². The summed E-state index contributed by atoms with van der Waals surface area (Å²) in [6, 6.07) is 14.3. The number of rotatable bonds is 7. The molecule has 0 aromatic heterocycles. The van der Waals surface area contributed by atoms with Gasteiger partial charge in [0.25, 0.3) is 0 Å². The molecule has 144 valence electrons. The van der Waals surface area contributed by atoms with Crippen molar-refractivity contribution in [2.24, 2.45) is 0 Å². The summed E-state index contributed by atoms with van der Waals surface area (Å²) < 4.78 is 18.1. The van der Waals surface area contributed by atoms with Gasteiger partial charge in [-0.25, -0.2) is 4.39 Å². The number of piperazine rings is 1. The molecule has 27 heavy (non-hydrogen) atoms. The average Bonchev–Trinajstić information content (AvgIpc) is 2.70. The van der Waals surface area contributed by atoms with Gasteiger partial charge in [-0.2, -0.15) is 0 Å². The molecule has 0 radical (unpaired) electrons. The molecule has 2 aromatic carbocycles. The molecule has 1 amide bonds. The molecule has 5 nitrogen and oxygen atoms in total. The second-order valence-corrected chi connectivity index (χ2v) is 6.80. The molecule has 1 N–H and O–H groups in total. The molecule has 1 fully saturated rings. The predicted octanol–water partition coefficient (Wildman–Crippen LogP) is 2.27. The highest BCUT2D eigenvalue weighted by molar-refractivity contribution is 5.78. The van der Waals surface area contributed by atoms with Crippen LogP contribution in [0.25, 0.3) is 0 Å². The van der Waals surface area contributed by atoms with Gasteiger partial charge in [0.05, 0.1) is 13.7 Å². The molecule has 1 aliphatic rings. The molecule has 0 aliphatic carbocycles. The lowest BCUT2D eigenvalue weighted by molar-refractivity contribution is -0.122. The second-order valence-electron chi connectivity index (χ2n) is 6.80. The first-order valence-electron chi connectivity index (χ1n) is 9.21. The van der Waals surface area contributed by atoms with Crippen molar-refractivity contribution in [2.75, 3.05) is 39.8 Å². The van der Waals surface area contributed by atoms with E-state index < -0.39 is 0 Å². The Labute approximate surface area is 159 Å². The molecule has 2 aromatic rings. The fraction of sp³-hybridized carbons (Fsp3) is 0.381. The first kappa shape index (κ1) is 19.3. The first-order valence-corrected chi connectivity index (χ1v) is 9.21. The predicted molar refractivity (Wildman–Crippen MR) is 103 cm³/mol. The number of amides is 1. The Hall–Kier alpha value is -2.44. The highest BCUT2D eigenvalue weighted by atomic mass is 19.1. The van der Waals surface area contributed by atoms with E-state index in [0.717, 1.165) is 44.0 Å². The quantitative estimate of drug-likeness (QED) is 0.811. The zero-order valence-electron chi connectivity index (χ0n) is 15.7. The van der Waals surface area contributed by atoms with Crippen LogP contribution in [-0.2, 0) is 17.9 Å². The van der Waals surface area contributed by atoms with E-state index in [4.69, 9.17) is 4.74 Å². The Morgan fingerprint density at radius 2 is 1.56 bits per heavy atom. The summed E-state index contributed by atoms with van der Waals surface area (Å²) in [6.45, 7) is 5.37. The minimum absolute atomic E-state index is 0.00271. The molecule has 3 rings (SSSR count). The van der Waals surface area contributed by atoms with Gasteiger partial charge in [0, 0.05) is 39.3 Å². The molecule has 0 bridgehead atoms. The van der Waals surface area contributed by atoms with Gasteiger partial charge in [0.15, 0.2) is 0 Å². The van der Waals surface area contributed by atoms with E-state index in [-0.39, 0.29) is 11.7 Å². The zero-order chi connectivity index (χ0) is 19.1. The van der Waals surface area contributed by atoms with Gasteiger partial charge in [-0.3, -0.25) is 14.6 Å². The van der Waals surface area contributed by atoms with Crippen LogP contribution in [0.3, 0.4) is 0 Å². The number of hydrogen-bond acceptors (Lipinski definition) is 4. The number of carbonyl (C=O) groups is 1. The van der Waals surface area contributed by atoms with Crippen LogP contribution in [0.15, 0.2) is 48.5 Å². The van der Waals surface area contributed by atoms with Crippen molar-refractivity contribution >= 4 is 5.91 Å². The summed E-state index contributed by atoms with van der Waals surface area (Å²) in [4.78, 5) is 16.7. The Bertz CT molecular complexity index is 726. The zero-order valence-corrected chi connectivity index (χ0v) is 15.7. The van der Waals surface area contributed by atoms with Crippen LogP contribution in [-0.4, -0.2) is 55.5 Å². The molecule has 0 unspecified atom stereocenters. The molecule has 1 saturated heterocycles. The van der Waals surface area contributed by atoms with Gasteiger partial charge in [-0.15, -0.1) is 0 Å². The van der Waals surface area contributed by atoms with Crippen molar-refractivity contribution in [3.63, 3.8) is 0 Å². The number of ether oxygens (including phenoxy) is 1. The fourth-order valence-electron chi connectivity index (χ4n) is 3.16. The Balaban J connectivity index is 1.37. The first-order chi connectivity index (χ1) is 13.1. The van der Waals surface area contributed by atoms with Gasteiger partial charge >= 0.3 is 0 Å². The molecular formula is C21H26FN3O2. The summed E-state index contributed by atoms with van der Waals surface area (Å²) in [6.07, 6.45) is 0. The molecule has 0 atom stereocenters. The average molecular weight is 371 g/mol. The fourth-order valence-corrected chi connectivity index (χ4v) is 3.16. The minimum Gasteiger partial charge on any atom is -0.497 e. The Kier molecular flexibility index (Phi) is 6.79. The van der Waals surface area contributed by atoms with Gasteiger partial charge < -0.3 is 10.1 Å². The number of methoxy groups -OCH3 is 1. The molecular weight excluding hydrogens is 345 g/mol. The monoisotopic (exact) mass is 371 g/mol. The van der Waals surface area contributed by atoms with Crippen LogP contribution in [0.1, 0.15) is 11.1 Å². The van der Waals surface area contributed by atoms with E-state index in [1.54, 1.807) is 19.2 Å². The third kappa shape index (κ3) is 6.05. The van der Waals surface area contributed by atoms with Crippen LogP contribution in [0, 0.1) is 5.82 Å². The maximum Gasteiger partial charge on any atom is 0.234 e. The van der Waals surface area contributed by atoms with Crippen LogP contribution < -0.4 is 10.1 Å². The molecule has 0 saturated carbocycles. The molecule has 0 spiro atoms. The number of hydrogen-bond donors (Lipinski definition) is 1. The van der Waals surface area contributed by atoms with E-state index in [2.05, 4.69) is 27.2 Å². The summed E-state index contributed by atoms with van der Waals surface area (Å²) >= 11 is 0. The van der Waals surface area contributed by atoms with Crippen molar-refractivity contribution in [3.8, 4) is 5.75 Å². The van der Waals surface area contributed by atoms with Crippen LogP contribution >= 0.6 is 0 Å². The highest BCUT2D eigenvalue weighted by Crippen LogP contribution is 2.14. The number of benzene rings is 2. The third-order valence-electron chi connectivity index (χ3n) is 4.80. The molecule has 1 heterocycles. The van der Waals surface area contributed by atoms with E-state index in [9.17, 15) is 9.18 Å².